The lowest BCUT2D eigenvalue weighted by atomic mass is 9.90. The second-order valence-corrected chi connectivity index (χ2v) is 6.10. The highest BCUT2D eigenvalue weighted by atomic mass is 32.2. The van der Waals surface area contributed by atoms with Gasteiger partial charge >= 0.3 is 12.1 Å². The van der Waals surface area contributed by atoms with Crippen LogP contribution in [-0.2, 0) is 21.2 Å². The minimum atomic E-state index is -4.85. The van der Waals surface area contributed by atoms with Crippen LogP contribution in [0.1, 0.15) is 5.56 Å². The molecule has 0 aliphatic carbocycles. The van der Waals surface area contributed by atoms with E-state index >= 15 is 0 Å². The largest absolute Gasteiger partial charge is 0.481 e. The highest BCUT2D eigenvalue weighted by Gasteiger charge is 2.52. The van der Waals surface area contributed by atoms with Gasteiger partial charge in [-0.1, -0.05) is 0 Å². The summed E-state index contributed by atoms with van der Waals surface area (Å²) in [5.41, 5.74) is 0.0504. The number of sulfonamides is 1. The van der Waals surface area contributed by atoms with Crippen LogP contribution in [0.5, 0.6) is 5.75 Å². The number of ether oxygens (including phenoxy) is 1. The van der Waals surface area contributed by atoms with E-state index in [0.29, 0.717) is 0 Å². The van der Waals surface area contributed by atoms with E-state index in [0.717, 1.165) is 18.2 Å². The summed E-state index contributed by atoms with van der Waals surface area (Å²) in [7, 11) is -4.04. The van der Waals surface area contributed by atoms with Gasteiger partial charge < -0.3 is 9.84 Å². The SMILES string of the molecule is NS(=O)(=O)c1ccc2c(c1)CC(C(=O)O)C(C(F)(F)F)O2. The lowest BCUT2D eigenvalue weighted by molar-refractivity contribution is -0.217. The van der Waals surface area contributed by atoms with Crippen LogP contribution in [0.2, 0.25) is 0 Å². The predicted octanol–water partition coefficient (Wildman–Crippen LogP) is 0.901. The van der Waals surface area contributed by atoms with Crippen molar-refractivity contribution in [3.8, 4) is 5.75 Å². The molecular weight excluding hydrogens is 315 g/mol. The molecule has 0 radical (unpaired) electrons. The minimum absolute atomic E-state index is 0.0504. The molecule has 1 aliphatic heterocycles. The molecular formula is C11H10F3NO5S. The van der Waals surface area contributed by atoms with Crippen LogP contribution in [0, 0.1) is 5.92 Å². The molecule has 0 bridgehead atoms. The number of rotatable bonds is 2. The monoisotopic (exact) mass is 325 g/mol. The molecule has 1 heterocycles. The van der Waals surface area contributed by atoms with Crippen molar-refractivity contribution in [1.82, 2.24) is 0 Å². The fraction of sp³-hybridized carbons (Fsp3) is 0.364. The number of aliphatic carboxylic acids is 1. The average Bonchev–Trinajstić information content (AvgIpc) is 2.34. The molecule has 2 unspecified atom stereocenters. The van der Waals surface area contributed by atoms with E-state index < -0.39 is 40.6 Å². The zero-order chi connectivity index (χ0) is 16.0. The quantitative estimate of drug-likeness (QED) is 0.840. The van der Waals surface area contributed by atoms with E-state index in [1.54, 1.807) is 0 Å². The first-order chi connectivity index (χ1) is 9.50. The lowest BCUT2D eigenvalue weighted by Gasteiger charge is -2.32. The maximum absolute atomic E-state index is 12.8. The molecule has 1 aromatic carbocycles. The summed E-state index contributed by atoms with van der Waals surface area (Å²) in [5, 5.41) is 13.8. The molecule has 0 saturated heterocycles. The van der Waals surface area contributed by atoms with Gasteiger partial charge in [0.15, 0.2) is 0 Å². The minimum Gasteiger partial charge on any atom is -0.481 e. The number of hydrogen-bond acceptors (Lipinski definition) is 4. The van der Waals surface area contributed by atoms with Crippen LogP contribution in [0.15, 0.2) is 23.1 Å². The molecule has 3 N–H and O–H groups in total. The van der Waals surface area contributed by atoms with E-state index in [9.17, 15) is 26.4 Å². The summed E-state index contributed by atoms with van der Waals surface area (Å²) in [5.74, 6) is -3.74. The number of benzene rings is 1. The van der Waals surface area contributed by atoms with Crippen molar-refractivity contribution in [3.05, 3.63) is 23.8 Å². The number of carboxylic acids is 1. The van der Waals surface area contributed by atoms with Crippen LogP contribution in [0.4, 0.5) is 13.2 Å². The average molecular weight is 325 g/mol. The van der Waals surface area contributed by atoms with Crippen molar-refractivity contribution in [2.24, 2.45) is 11.1 Å². The van der Waals surface area contributed by atoms with Gasteiger partial charge in [-0.05, 0) is 30.2 Å². The first-order valence-electron chi connectivity index (χ1n) is 5.62. The molecule has 2 rings (SSSR count). The third-order valence-electron chi connectivity index (χ3n) is 3.06. The molecule has 10 heteroatoms. The molecule has 116 valence electrons. The Morgan fingerprint density at radius 1 is 1.38 bits per heavy atom. The maximum atomic E-state index is 12.8. The summed E-state index contributed by atoms with van der Waals surface area (Å²) in [4.78, 5) is 10.7. The van der Waals surface area contributed by atoms with E-state index in [1.165, 1.54) is 0 Å². The van der Waals surface area contributed by atoms with Crippen molar-refractivity contribution in [3.63, 3.8) is 0 Å². The van der Waals surface area contributed by atoms with Crippen molar-refractivity contribution in [2.75, 3.05) is 0 Å². The van der Waals surface area contributed by atoms with Crippen LogP contribution in [-0.4, -0.2) is 31.8 Å². The van der Waals surface area contributed by atoms with Gasteiger partial charge in [0.2, 0.25) is 16.1 Å². The number of halogens is 3. The molecule has 0 amide bonds. The van der Waals surface area contributed by atoms with Crippen LogP contribution in [0.25, 0.3) is 0 Å². The molecule has 6 nitrogen and oxygen atoms in total. The molecule has 0 aromatic heterocycles. The maximum Gasteiger partial charge on any atom is 0.426 e. The third kappa shape index (κ3) is 3.10. The highest BCUT2D eigenvalue weighted by Crippen LogP contribution is 2.39. The Bertz CT molecular complexity index is 686. The van der Waals surface area contributed by atoms with Gasteiger partial charge in [-0.2, -0.15) is 13.2 Å². The highest BCUT2D eigenvalue weighted by molar-refractivity contribution is 7.89. The number of alkyl halides is 3. The Morgan fingerprint density at radius 3 is 2.48 bits per heavy atom. The fourth-order valence-electron chi connectivity index (χ4n) is 2.08. The third-order valence-corrected chi connectivity index (χ3v) is 3.97. The van der Waals surface area contributed by atoms with Crippen molar-refractivity contribution in [2.45, 2.75) is 23.6 Å². The van der Waals surface area contributed by atoms with Crippen molar-refractivity contribution >= 4 is 16.0 Å². The summed E-state index contributed by atoms with van der Waals surface area (Å²) >= 11 is 0. The number of carbonyl (C=O) groups is 1. The molecule has 2 atom stereocenters. The Kier molecular flexibility index (Phi) is 3.62. The zero-order valence-corrected chi connectivity index (χ0v) is 11.1. The molecule has 0 fully saturated rings. The van der Waals surface area contributed by atoms with Gasteiger partial charge in [-0.3, -0.25) is 4.79 Å². The van der Waals surface area contributed by atoms with E-state index in [2.05, 4.69) is 0 Å². The summed E-state index contributed by atoms with van der Waals surface area (Å²) < 4.78 is 65.5. The van der Waals surface area contributed by atoms with Gasteiger partial charge in [-0.15, -0.1) is 0 Å². The van der Waals surface area contributed by atoms with E-state index in [4.69, 9.17) is 15.0 Å². The standard InChI is InChI=1S/C11H10F3NO5S/c12-11(13,14)9-7(10(16)17)4-5-3-6(21(15,18)19)1-2-8(5)20-9/h1-3,7,9H,4H2,(H,16,17)(H2,15,18,19). The normalized spacial score (nSPS) is 22.3. The second-order valence-electron chi connectivity index (χ2n) is 4.54. The smallest absolute Gasteiger partial charge is 0.426 e. The summed E-state index contributed by atoms with van der Waals surface area (Å²) in [6.07, 6.45) is -7.83. The first kappa shape index (κ1) is 15.6. The molecule has 0 saturated carbocycles. The zero-order valence-electron chi connectivity index (χ0n) is 10.3. The fourth-order valence-corrected chi connectivity index (χ4v) is 2.65. The van der Waals surface area contributed by atoms with Gasteiger partial charge in [-0.25, -0.2) is 13.6 Å². The van der Waals surface area contributed by atoms with Crippen molar-refractivity contribution in [1.29, 1.82) is 0 Å². The Balaban J connectivity index is 2.47. The Morgan fingerprint density at radius 2 is 2.00 bits per heavy atom. The molecule has 1 aliphatic rings. The van der Waals surface area contributed by atoms with Gasteiger partial charge in [0.1, 0.15) is 11.7 Å². The lowest BCUT2D eigenvalue weighted by Crippen LogP contribution is -2.47. The predicted molar refractivity (Wildman–Crippen MR) is 63.1 cm³/mol. The van der Waals surface area contributed by atoms with Crippen molar-refractivity contribution < 1.29 is 36.2 Å². The van der Waals surface area contributed by atoms with Gasteiger partial charge in [0.05, 0.1) is 4.90 Å². The van der Waals surface area contributed by atoms with Gasteiger partial charge in [0.25, 0.3) is 0 Å². The summed E-state index contributed by atoms with van der Waals surface area (Å²) in [6.45, 7) is 0. The van der Waals surface area contributed by atoms with E-state index in [1.807, 2.05) is 0 Å². The van der Waals surface area contributed by atoms with E-state index in [-0.39, 0.29) is 16.2 Å². The molecule has 0 spiro atoms. The Labute approximate surface area is 117 Å². The second kappa shape index (κ2) is 4.88. The topological polar surface area (TPSA) is 107 Å². The van der Waals surface area contributed by atoms with Crippen LogP contribution < -0.4 is 9.88 Å². The van der Waals surface area contributed by atoms with Crippen LogP contribution in [0.3, 0.4) is 0 Å². The number of primary sulfonamides is 1. The van der Waals surface area contributed by atoms with Gasteiger partial charge in [0, 0.05) is 0 Å². The number of carboxylic acid groups (broad SMARTS) is 1. The Hall–Kier alpha value is -1.81. The number of fused-ring (bicyclic) bond motifs is 1. The number of nitrogens with two attached hydrogens (primary N) is 1. The summed E-state index contributed by atoms with van der Waals surface area (Å²) in [6, 6.07) is 3.06. The first-order valence-corrected chi connectivity index (χ1v) is 7.16. The number of hydrogen-bond donors (Lipinski definition) is 2. The van der Waals surface area contributed by atoms with Crippen LogP contribution >= 0.6 is 0 Å². The molecule has 21 heavy (non-hydrogen) atoms. The molecule has 1 aromatic rings.